The van der Waals surface area contributed by atoms with Crippen LogP contribution in [-0.4, -0.2) is 20.7 Å². The highest BCUT2D eigenvalue weighted by Crippen LogP contribution is 2.28. The Balaban J connectivity index is 2.08. The second-order valence-electron chi connectivity index (χ2n) is 4.55. The summed E-state index contributed by atoms with van der Waals surface area (Å²) >= 11 is 0. The van der Waals surface area contributed by atoms with E-state index < -0.39 is 0 Å². The lowest BCUT2D eigenvalue weighted by Crippen LogP contribution is -2.41. The zero-order chi connectivity index (χ0) is 14.7. The molecule has 1 aromatic carbocycles. The van der Waals surface area contributed by atoms with Crippen molar-refractivity contribution in [1.82, 2.24) is 15.0 Å². The molecule has 5 heteroatoms. The monoisotopic (exact) mass is 276 g/mol. The topological polar surface area (TPSA) is 90.3 Å². The molecule has 3 rings (SSSR count). The third-order valence-electron chi connectivity index (χ3n) is 3.24. The summed E-state index contributed by atoms with van der Waals surface area (Å²) in [4.78, 5) is 12.1. The molecule has 0 radical (unpaired) electrons. The van der Waals surface area contributed by atoms with Gasteiger partial charge in [0.15, 0.2) is 0 Å². The van der Waals surface area contributed by atoms with Crippen LogP contribution in [0.1, 0.15) is 11.1 Å². The van der Waals surface area contributed by atoms with E-state index in [2.05, 4.69) is 15.0 Å². The molecule has 0 aliphatic rings. The van der Waals surface area contributed by atoms with Crippen LogP contribution in [0.15, 0.2) is 61.4 Å². The number of pyridine rings is 1. The number of rotatable bonds is 3. The molecule has 0 unspecified atom stereocenters. The molecule has 0 saturated heterocycles. The summed E-state index contributed by atoms with van der Waals surface area (Å²) in [6, 6.07) is 9.48. The van der Waals surface area contributed by atoms with Crippen molar-refractivity contribution in [1.29, 1.82) is 0 Å². The van der Waals surface area contributed by atoms with E-state index in [1.165, 1.54) is 6.33 Å². The van der Waals surface area contributed by atoms with Crippen molar-refractivity contribution in [3.63, 3.8) is 0 Å². The molecular formula is C16H14N5+. The first-order valence-electron chi connectivity index (χ1n) is 6.44. The fourth-order valence-electron chi connectivity index (χ4n) is 2.17. The van der Waals surface area contributed by atoms with Gasteiger partial charge in [0.25, 0.3) is 0 Å². The Bertz CT molecular complexity index is 769. The Kier molecular flexibility index (Phi) is 3.39. The third-order valence-corrected chi connectivity index (χ3v) is 3.24. The number of anilines is 1. The van der Waals surface area contributed by atoms with Gasteiger partial charge >= 0.3 is 0 Å². The highest BCUT2D eigenvalue weighted by atomic mass is 14.8. The summed E-state index contributed by atoms with van der Waals surface area (Å²) in [5.74, 6) is 0. The zero-order valence-corrected chi connectivity index (χ0v) is 11.3. The molecular weight excluding hydrogens is 262 g/mol. The molecule has 0 fully saturated rings. The summed E-state index contributed by atoms with van der Waals surface area (Å²) in [6.07, 6.45) is 8.36. The predicted octanol–water partition coefficient (Wildman–Crippen LogP) is 0.717. The first-order valence-corrected chi connectivity index (χ1v) is 6.44. The summed E-state index contributed by atoms with van der Waals surface area (Å²) in [7, 11) is 0. The molecule has 0 bridgehead atoms. The van der Waals surface area contributed by atoms with Crippen LogP contribution < -0.4 is 11.1 Å². The number of hydrogen-bond acceptors (Lipinski definition) is 4. The van der Waals surface area contributed by atoms with Gasteiger partial charge < -0.3 is 5.73 Å². The van der Waals surface area contributed by atoms with Crippen molar-refractivity contribution in [2.24, 2.45) is 0 Å². The second-order valence-corrected chi connectivity index (χ2v) is 4.55. The molecule has 0 aliphatic carbocycles. The maximum Gasteiger partial charge on any atom is 0.214 e. The number of para-hydroxylation sites is 1. The molecule has 0 spiro atoms. The van der Waals surface area contributed by atoms with Crippen LogP contribution >= 0.6 is 0 Å². The minimum absolute atomic E-state index is 0.597. The smallest absolute Gasteiger partial charge is 0.214 e. The Hall–Kier alpha value is -3.08. The fraction of sp³-hybridized carbons (Fsp3) is 0. The van der Waals surface area contributed by atoms with Gasteiger partial charge in [0.1, 0.15) is 6.33 Å². The van der Waals surface area contributed by atoms with Crippen LogP contribution in [0.5, 0.6) is 0 Å². The summed E-state index contributed by atoms with van der Waals surface area (Å²) in [6.45, 7) is 0. The first kappa shape index (κ1) is 12.9. The Morgan fingerprint density at radius 2 is 1.76 bits per heavy atom. The maximum absolute atomic E-state index is 6.28. The van der Waals surface area contributed by atoms with Crippen molar-refractivity contribution < 1.29 is 5.41 Å². The van der Waals surface area contributed by atoms with Crippen molar-refractivity contribution in [3.8, 4) is 11.1 Å². The lowest BCUT2D eigenvalue weighted by molar-refractivity contribution is -0.111. The Labute approximate surface area is 122 Å². The highest BCUT2D eigenvalue weighted by Gasteiger charge is 2.16. The number of nitrogen functional groups attached to an aromatic ring is 1. The highest BCUT2D eigenvalue weighted by molar-refractivity contribution is 6.13. The van der Waals surface area contributed by atoms with E-state index in [0.717, 1.165) is 22.3 Å². The summed E-state index contributed by atoms with van der Waals surface area (Å²) in [5, 5.41) is 6.23. The molecule has 0 saturated carbocycles. The van der Waals surface area contributed by atoms with Gasteiger partial charge in [-0.15, -0.1) is 0 Å². The van der Waals surface area contributed by atoms with E-state index >= 15 is 0 Å². The van der Waals surface area contributed by atoms with Crippen molar-refractivity contribution >= 4 is 11.4 Å². The van der Waals surface area contributed by atoms with Gasteiger partial charge in [-0.25, -0.2) is 9.97 Å². The number of nitrogens with zero attached hydrogens (tertiary/aromatic N) is 3. The molecule has 4 N–H and O–H groups in total. The van der Waals surface area contributed by atoms with Gasteiger partial charge in [0, 0.05) is 35.9 Å². The van der Waals surface area contributed by atoms with E-state index in [1.807, 2.05) is 30.3 Å². The maximum atomic E-state index is 6.28. The molecule has 2 heterocycles. The first-order chi connectivity index (χ1) is 10.3. The van der Waals surface area contributed by atoms with Gasteiger partial charge in [-0.3, -0.25) is 10.4 Å². The fourth-order valence-corrected chi connectivity index (χ4v) is 2.17. The zero-order valence-electron chi connectivity index (χ0n) is 11.3. The third kappa shape index (κ3) is 2.49. The van der Waals surface area contributed by atoms with Gasteiger partial charge in [-0.2, -0.15) is 0 Å². The van der Waals surface area contributed by atoms with Crippen LogP contribution in [0.25, 0.3) is 11.1 Å². The van der Waals surface area contributed by atoms with Crippen LogP contribution in [-0.2, 0) is 0 Å². The quantitative estimate of drug-likeness (QED) is 0.544. The molecule has 2 aromatic heterocycles. The SMILES string of the molecule is Nc1c(C(=[NH2+])c2cccnc2)cccc1-c1cncnc1. The molecule has 0 amide bonds. The lowest BCUT2D eigenvalue weighted by Gasteiger charge is -2.09. The molecule has 0 aliphatic heterocycles. The molecule has 5 nitrogen and oxygen atoms in total. The molecule has 21 heavy (non-hydrogen) atoms. The predicted molar refractivity (Wildman–Crippen MR) is 81.3 cm³/mol. The van der Waals surface area contributed by atoms with Crippen molar-refractivity contribution in [2.45, 2.75) is 0 Å². The Morgan fingerprint density at radius 1 is 0.952 bits per heavy atom. The molecule has 3 aromatic rings. The van der Waals surface area contributed by atoms with Crippen LogP contribution in [0.4, 0.5) is 5.69 Å². The Morgan fingerprint density at radius 3 is 2.48 bits per heavy atom. The van der Waals surface area contributed by atoms with Crippen molar-refractivity contribution in [3.05, 3.63) is 72.6 Å². The van der Waals surface area contributed by atoms with Gasteiger partial charge in [0.05, 0.1) is 16.8 Å². The number of nitrogens with two attached hydrogens (primary N) is 2. The lowest BCUT2D eigenvalue weighted by atomic mass is 9.97. The van der Waals surface area contributed by atoms with Crippen LogP contribution in [0.3, 0.4) is 0 Å². The number of hydrogen-bond donors (Lipinski definition) is 2. The van der Waals surface area contributed by atoms with Gasteiger partial charge in [-0.1, -0.05) is 12.1 Å². The van der Waals surface area contributed by atoms with Crippen LogP contribution in [0, 0.1) is 0 Å². The minimum atomic E-state index is 0.597. The average Bonchev–Trinajstić information content (AvgIpc) is 2.56. The second kappa shape index (κ2) is 5.50. The average molecular weight is 276 g/mol. The molecule has 0 atom stereocenters. The minimum Gasteiger partial charge on any atom is -0.398 e. The summed E-state index contributed by atoms with van der Waals surface area (Å²) < 4.78 is 0. The number of aromatic nitrogens is 3. The van der Waals surface area contributed by atoms with Gasteiger partial charge in [-0.05, 0) is 18.2 Å². The molecule has 102 valence electrons. The normalized spacial score (nSPS) is 10.3. The van der Waals surface area contributed by atoms with Gasteiger partial charge in [0.2, 0.25) is 5.71 Å². The largest absolute Gasteiger partial charge is 0.398 e. The van der Waals surface area contributed by atoms with E-state index in [-0.39, 0.29) is 0 Å². The standard InChI is InChI=1S/C16H13N5/c17-15(11-3-2-6-19-7-11)14-5-1-4-13(16(14)18)12-8-20-10-21-9-12/h1-10,17H,18H2/p+1. The van der Waals surface area contributed by atoms with Crippen LogP contribution in [0.2, 0.25) is 0 Å². The van der Waals surface area contributed by atoms with Crippen molar-refractivity contribution in [2.75, 3.05) is 5.73 Å². The van der Waals surface area contributed by atoms with E-state index in [1.54, 1.807) is 24.8 Å². The van der Waals surface area contributed by atoms with E-state index in [0.29, 0.717) is 11.4 Å². The summed E-state index contributed by atoms with van der Waals surface area (Å²) in [5.41, 5.74) is 10.8. The number of benzene rings is 1. The van der Waals surface area contributed by atoms with E-state index in [4.69, 9.17) is 11.1 Å². The van der Waals surface area contributed by atoms with E-state index in [9.17, 15) is 0 Å².